The largest absolute Gasteiger partial charge is 0.398 e. The number of amides is 1. The molecule has 1 amide bonds. The molecule has 1 aliphatic heterocycles. The molecule has 1 heterocycles. The van der Waals surface area contributed by atoms with Gasteiger partial charge in [0.25, 0.3) is 5.91 Å². The van der Waals surface area contributed by atoms with E-state index in [4.69, 9.17) is 22.1 Å². The number of carbonyl (C=O) groups is 1. The van der Waals surface area contributed by atoms with E-state index in [-0.39, 0.29) is 5.91 Å². The summed E-state index contributed by atoms with van der Waals surface area (Å²) in [5.41, 5.74) is 6.52. The molecule has 1 aliphatic rings. The lowest BCUT2D eigenvalue weighted by Gasteiger charge is -2.26. The lowest BCUT2D eigenvalue weighted by atomic mass is 10.1. The van der Waals surface area contributed by atoms with Crippen LogP contribution in [0.2, 0.25) is 5.02 Å². The molecule has 5 nitrogen and oxygen atoms in total. The number of hydrogen-bond acceptors (Lipinski definition) is 4. The Morgan fingerprint density at radius 1 is 1.42 bits per heavy atom. The van der Waals surface area contributed by atoms with Crippen LogP contribution in [0, 0.1) is 0 Å². The zero-order valence-electron chi connectivity index (χ0n) is 10.7. The minimum atomic E-state index is -0.226. The van der Waals surface area contributed by atoms with Crippen LogP contribution in [-0.4, -0.2) is 50.2 Å². The fraction of sp³-hybridized carbons (Fsp3) is 0.462. The third kappa shape index (κ3) is 3.83. The monoisotopic (exact) mass is 283 g/mol. The Hall–Kier alpha value is -1.30. The highest BCUT2D eigenvalue weighted by Gasteiger charge is 2.14. The number of nitrogens with two attached hydrogens (primary N) is 1. The summed E-state index contributed by atoms with van der Waals surface area (Å²) in [7, 11) is 0. The van der Waals surface area contributed by atoms with Gasteiger partial charge in [-0.2, -0.15) is 0 Å². The van der Waals surface area contributed by atoms with Crippen molar-refractivity contribution in [1.82, 2.24) is 10.2 Å². The van der Waals surface area contributed by atoms with Gasteiger partial charge >= 0.3 is 0 Å². The maximum atomic E-state index is 12.0. The highest BCUT2D eigenvalue weighted by Crippen LogP contribution is 2.21. The Balaban J connectivity index is 1.84. The summed E-state index contributed by atoms with van der Waals surface area (Å²) < 4.78 is 5.26. The fourth-order valence-corrected chi connectivity index (χ4v) is 2.29. The van der Waals surface area contributed by atoms with Gasteiger partial charge < -0.3 is 15.8 Å². The number of morpholine rings is 1. The molecule has 0 unspecified atom stereocenters. The second-order valence-electron chi connectivity index (χ2n) is 4.41. The first kappa shape index (κ1) is 14.1. The Bertz CT molecular complexity index is 427. The zero-order chi connectivity index (χ0) is 13.7. The molecule has 104 valence electrons. The van der Waals surface area contributed by atoms with Gasteiger partial charge in [-0.15, -0.1) is 0 Å². The Morgan fingerprint density at radius 3 is 2.84 bits per heavy atom. The third-order valence-corrected chi connectivity index (χ3v) is 3.41. The number of hydrogen-bond donors (Lipinski definition) is 2. The topological polar surface area (TPSA) is 67.6 Å². The van der Waals surface area contributed by atoms with E-state index in [0.29, 0.717) is 22.8 Å². The molecule has 0 atom stereocenters. The van der Waals surface area contributed by atoms with Gasteiger partial charge in [0.2, 0.25) is 0 Å². The molecule has 2 rings (SSSR count). The van der Waals surface area contributed by atoms with Crippen LogP contribution in [0.25, 0.3) is 0 Å². The van der Waals surface area contributed by atoms with E-state index >= 15 is 0 Å². The quantitative estimate of drug-likeness (QED) is 0.809. The number of rotatable bonds is 4. The van der Waals surface area contributed by atoms with E-state index < -0.39 is 0 Å². The molecule has 0 saturated carbocycles. The van der Waals surface area contributed by atoms with Crippen molar-refractivity contribution in [2.45, 2.75) is 0 Å². The van der Waals surface area contributed by atoms with Gasteiger partial charge in [0.1, 0.15) is 0 Å². The van der Waals surface area contributed by atoms with Gasteiger partial charge in [-0.25, -0.2) is 0 Å². The summed E-state index contributed by atoms with van der Waals surface area (Å²) in [6.45, 7) is 4.70. The van der Waals surface area contributed by atoms with Gasteiger partial charge in [-0.05, 0) is 12.1 Å². The number of nitrogens with one attached hydrogen (secondary N) is 1. The average molecular weight is 284 g/mol. The molecular formula is C13H18ClN3O2. The minimum absolute atomic E-state index is 0.226. The van der Waals surface area contributed by atoms with Gasteiger partial charge in [0, 0.05) is 31.9 Å². The molecule has 0 aromatic heterocycles. The number of carbonyl (C=O) groups excluding carboxylic acids is 1. The molecular weight excluding hydrogens is 266 g/mol. The molecule has 0 radical (unpaired) electrons. The van der Waals surface area contributed by atoms with Gasteiger partial charge in [-0.3, -0.25) is 9.69 Å². The van der Waals surface area contributed by atoms with Crippen LogP contribution in [-0.2, 0) is 4.74 Å². The predicted molar refractivity (Wildman–Crippen MR) is 75.5 cm³/mol. The van der Waals surface area contributed by atoms with Crippen LogP contribution in [0.5, 0.6) is 0 Å². The first-order chi connectivity index (χ1) is 9.18. The molecule has 6 heteroatoms. The van der Waals surface area contributed by atoms with E-state index in [2.05, 4.69) is 10.2 Å². The Kier molecular flexibility index (Phi) is 5.01. The molecule has 1 saturated heterocycles. The molecule has 19 heavy (non-hydrogen) atoms. The lowest BCUT2D eigenvalue weighted by molar-refractivity contribution is 0.0383. The second kappa shape index (κ2) is 6.75. The highest BCUT2D eigenvalue weighted by molar-refractivity contribution is 6.34. The molecule has 1 aromatic rings. The van der Waals surface area contributed by atoms with Crippen molar-refractivity contribution in [3.8, 4) is 0 Å². The number of anilines is 1. The van der Waals surface area contributed by atoms with E-state index in [0.717, 1.165) is 32.8 Å². The van der Waals surface area contributed by atoms with Crippen LogP contribution in [0.3, 0.4) is 0 Å². The van der Waals surface area contributed by atoms with Crippen molar-refractivity contribution in [3.63, 3.8) is 0 Å². The summed E-state index contributed by atoms with van der Waals surface area (Å²) in [5.74, 6) is -0.226. The first-order valence-corrected chi connectivity index (χ1v) is 6.68. The third-order valence-electron chi connectivity index (χ3n) is 3.09. The summed E-state index contributed by atoms with van der Waals surface area (Å²) in [4.78, 5) is 14.3. The molecule has 1 fully saturated rings. The van der Waals surface area contributed by atoms with Gasteiger partial charge in [0.15, 0.2) is 0 Å². The smallest absolute Gasteiger partial charge is 0.254 e. The number of nitrogens with zero attached hydrogens (tertiary/aromatic N) is 1. The zero-order valence-corrected chi connectivity index (χ0v) is 11.4. The minimum Gasteiger partial charge on any atom is -0.398 e. The number of nitrogen functional groups attached to an aromatic ring is 1. The van der Waals surface area contributed by atoms with Crippen molar-refractivity contribution in [2.24, 2.45) is 0 Å². The molecule has 1 aromatic carbocycles. The van der Waals surface area contributed by atoms with Crippen molar-refractivity contribution >= 4 is 23.2 Å². The number of benzene rings is 1. The van der Waals surface area contributed by atoms with Crippen LogP contribution >= 0.6 is 11.6 Å². The van der Waals surface area contributed by atoms with Gasteiger partial charge in [-0.1, -0.05) is 17.7 Å². The van der Waals surface area contributed by atoms with Crippen molar-refractivity contribution in [2.75, 3.05) is 45.1 Å². The summed E-state index contributed by atoms with van der Waals surface area (Å²) >= 11 is 5.98. The van der Waals surface area contributed by atoms with E-state index in [9.17, 15) is 4.79 Å². The predicted octanol–water partition coefficient (Wildman–Crippen LogP) is 0.984. The normalized spacial score (nSPS) is 16.3. The highest BCUT2D eigenvalue weighted by atomic mass is 35.5. The number of ether oxygens (including phenoxy) is 1. The van der Waals surface area contributed by atoms with Crippen molar-refractivity contribution in [1.29, 1.82) is 0 Å². The summed E-state index contributed by atoms with van der Waals surface area (Å²) in [5, 5.41) is 3.22. The van der Waals surface area contributed by atoms with E-state index in [1.54, 1.807) is 18.2 Å². The summed E-state index contributed by atoms with van der Waals surface area (Å²) in [6.07, 6.45) is 0. The van der Waals surface area contributed by atoms with E-state index in [1.807, 2.05) is 0 Å². The second-order valence-corrected chi connectivity index (χ2v) is 4.82. The van der Waals surface area contributed by atoms with E-state index in [1.165, 1.54) is 0 Å². The maximum absolute atomic E-state index is 12.0. The molecule has 0 bridgehead atoms. The fourth-order valence-electron chi connectivity index (χ4n) is 2.02. The molecule has 0 aliphatic carbocycles. The Morgan fingerprint density at radius 2 is 2.16 bits per heavy atom. The Labute approximate surface area is 117 Å². The molecule has 0 spiro atoms. The summed E-state index contributed by atoms with van der Waals surface area (Å²) in [6, 6.07) is 5.06. The maximum Gasteiger partial charge on any atom is 0.254 e. The van der Waals surface area contributed by atoms with Crippen LogP contribution in [0.4, 0.5) is 5.69 Å². The standard InChI is InChI=1S/C13H18ClN3O2/c14-10-2-1-3-11(15)12(10)13(18)16-4-5-17-6-8-19-9-7-17/h1-3H,4-9,15H2,(H,16,18). The van der Waals surface area contributed by atoms with Crippen LogP contribution < -0.4 is 11.1 Å². The first-order valence-electron chi connectivity index (χ1n) is 6.31. The molecule has 3 N–H and O–H groups in total. The number of halogens is 1. The van der Waals surface area contributed by atoms with Gasteiger partial charge in [0.05, 0.1) is 23.8 Å². The van der Waals surface area contributed by atoms with Crippen molar-refractivity contribution < 1.29 is 9.53 Å². The SMILES string of the molecule is Nc1cccc(Cl)c1C(=O)NCCN1CCOCC1. The lowest BCUT2D eigenvalue weighted by Crippen LogP contribution is -2.41. The van der Waals surface area contributed by atoms with Crippen LogP contribution in [0.15, 0.2) is 18.2 Å². The average Bonchev–Trinajstić information content (AvgIpc) is 2.40. The van der Waals surface area contributed by atoms with Crippen LogP contribution in [0.1, 0.15) is 10.4 Å². The van der Waals surface area contributed by atoms with Crippen molar-refractivity contribution in [3.05, 3.63) is 28.8 Å².